The van der Waals surface area contributed by atoms with Crippen LogP contribution in [0.5, 0.6) is 0 Å². The van der Waals surface area contributed by atoms with Crippen LogP contribution >= 0.6 is 0 Å². The van der Waals surface area contributed by atoms with E-state index in [1.807, 2.05) is 6.92 Å². The normalized spacial score (nSPS) is 12.3. The first-order valence-electron chi connectivity index (χ1n) is 10.3. The Labute approximate surface area is 181 Å². The molecule has 0 bridgehead atoms. The van der Waals surface area contributed by atoms with Crippen LogP contribution in [0.25, 0.3) is 0 Å². The molecule has 13 heteroatoms. The SMILES string of the molecule is CCNC(CCCN=C(N)N)C(=O)NCC(=O)NC(CCCCN)C(=O)NCC(=O)O. The molecule has 0 aromatic heterocycles. The Morgan fingerprint density at radius 2 is 1.55 bits per heavy atom. The molecule has 0 saturated heterocycles. The standard InChI is InChI=1S/C18H36N8O5/c1-2-22-12(7-5-9-23-18(20)21)16(30)24-10-14(27)26-13(6-3-4-8-19)17(31)25-11-15(28)29/h12-13,22H,2-11,19H2,1H3,(H,24,30)(H,25,31)(H,26,27)(H,28,29)(H4,20,21,23). The molecule has 0 heterocycles. The topological polar surface area (TPSA) is 227 Å². The highest BCUT2D eigenvalue weighted by Gasteiger charge is 2.22. The van der Waals surface area contributed by atoms with Crippen molar-refractivity contribution in [2.45, 2.75) is 51.1 Å². The predicted octanol–water partition coefficient (Wildman–Crippen LogP) is -3.05. The Kier molecular flexibility index (Phi) is 15.2. The van der Waals surface area contributed by atoms with Crippen LogP contribution in [0.3, 0.4) is 0 Å². The minimum Gasteiger partial charge on any atom is -0.480 e. The molecule has 0 aliphatic rings. The summed E-state index contributed by atoms with van der Waals surface area (Å²) in [4.78, 5) is 51.3. The van der Waals surface area contributed by atoms with E-state index in [1.54, 1.807) is 0 Å². The number of carboxylic acid groups (broad SMARTS) is 1. The molecule has 0 spiro atoms. The van der Waals surface area contributed by atoms with Crippen molar-refractivity contribution >= 4 is 29.7 Å². The Balaban J connectivity index is 4.67. The van der Waals surface area contributed by atoms with Crippen molar-refractivity contribution in [1.82, 2.24) is 21.3 Å². The number of hydrogen-bond donors (Lipinski definition) is 8. The Morgan fingerprint density at radius 1 is 0.935 bits per heavy atom. The molecule has 3 amide bonds. The number of carbonyl (C=O) groups excluding carboxylic acids is 3. The van der Waals surface area contributed by atoms with E-state index in [-0.39, 0.29) is 18.4 Å². The average molecular weight is 445 g/mol. The molecule has 0 aromatic rings. The summed E-state index contributed by atoms with van der Waals surface area (Å²) in [5.41, 5.74) is 16.0. The second-order valence-corrected chi connectivity index (χ2v) is 6.79. The molecule has 178 valence electrons. The maximum absolute atomic E-state index is 12.4. The fraction of sp³-hybridized carbons (Fsp3) is 0.722. The lowest BCUT2D eigenvalue weighted by atomic mass is 10.1. The first-order valence-corrected chi connectivity index (χ1v) is 10.3. The van der Waals surface area contributed by atoms with Gasteiger partial charge in [-0.3, -0.25) is 24.2 Å². The van der Waals surface area contributed by atoms with Crippen LogP contribution < -0.4 is 38.5 Å². The van der Waals surface area contributed by atoms with Crippen LogP contribution in [-0.2, 0) is 19.2 Å². The van der Waals surface area contributed by atoms with E-state index in [2.05, 4.69) is 26.3 Å². The van der Waals surface area contributed by atoms with E-state index in [4.69, 9.17) is 22.3 Å². The van der Waals surface area contributed by atoms with Gasteiger partial charge in [-0.05, 0) is 45.2 Å². The van der Waals surface area contributed by atoms with Gasteiger partial charge in [0.2, 0.25) is 17.7 Å². The lowest BCUT2D eigenvalue weighted by Crippen LogP contribution is -2.52. The Morgan fingerprint density at radius 3 is 2.13 bits per heavy atom. The molecule has 0 saturated carbocycles. The van der Waals surface area contributed by atoms with Crippen molar-refractivity contribution in [2.24, 2.45) is 22.2 Å². The highest BCUT2D eigenvalue weighted by molar-refractivity contribution is 5.91. The van der Waals surface area contributed by atoms with Crippen molar-refractivity contribution in [3.63, 3.8) is 0 Å². The number of guanidine groups is 1. The van der Waals surface area contributed by atoms with Crippen LogP contribution in [0, 0.1) is 0 Å². The van der Waals surface area contributed by atoms with Crippen molar-refractivity contribution in [2.75, 3.05) is 32.7 Å². The number of aliphatic imine (C=N–C) groups is 1. The van der Waals surface area contributed by atoms with E-state index in [1.165, 1.54) is 0 Å². The molecule has 0 aromatic carbocycles. The summed E-state index contributed by atoms with van der Waals surface area (Å²) in [6.07, 6.45) is 2.57. The quantitative estimate of drug-likeness (QED) is 0.0646. The summed E-state index contributed by atoms with van der Waals surface area (Å²) < 4.78 is 0. The molecule has 2 atom stereocenters. The Hall–Kier alpha value is -2.93. The van der Waals surface area contributed by atoms with E-state index in [0.29, 0.717) is 51.7 Å². The van der Waals surface area contributed by atoms with E-state index in [9.17, 15) is 19.2 Å². The van der Waals surface area contributed by atoms with Gasteiger partial charge in [-0.1, -0.05) is 6.92 Å². The molecule has 0 fully saturated rings. The first-order chi connectivity index (χ1) is 14.7. The van der Waals surface area contributed by atoms with E-state index in [0.717, 1.165) is 0 Å². The molecule has 0 aliphatic heterocycles. The van der Waals surface area contributed by atoms with Crippen LogP contribution in [0.15, 0.2) is 4.99 Å². The third-order valence-electron chi connectivity index (χ3n) is 4.15. The second kappa shape index (κ2) is 16.8. The maximum atomic E-state index is 12.4. The third kappa shape index (κ3) is 14.7. The number of carbonyl (C=O) groups is 4. The van der Waals surface area contributed by atoms with Gasteiger partial charge in [0.25, 0.3) is 0 Å². The minimum absolute atomic E-state index is 0.0190. The predicted molar refractivity (Wildman–Crippen MR) is 116 cm³/mol. The molecular weight excluding hydrogens is 408 g/mol. The second-order valence-electron chi connectivity index (χ2n) is 6.79. The summed E-state index contributed by atoms with van der Waals surface area (Å²) in [5, 5.41) is 19.0. The highest BCUT2D eigenvalue weighted by atomic mass is 16.4. The summed E-state index contributed by atoms with van der Waals surface area (Å²) in [7, 11) is 0. The maximum Gasteiger partial charge on any atom is 0.322 e. The van der Waals surface area contributed by atoms with Gasteiger partial charge in [-0.2, -0.15) is 0 Å². The van der Waals surface area contributed by atoms with Crippen LogP contribution in [0.1, 0.15) is 39.0 Å². The van der Waals surface area contributed by atoms with Gasteiger partial charge >= 0.3 is 5.97 Å². The average Bonchev–Trinajstić information content (AvgIpc) is 2.71. The van der Waals surface area contributed by atoms with Gasteiger partial charge in [0, 0.05) is 6.54 Å². The number of hydrogen-bond acceptors (Lipinski definition) is 7. The van der Waals surface area contributed by atoms with Crippen molar-refractivity contribution in [3.05, 3.63) is 0 Å². The molecule has 11 N–H and O–H groups in total. The smallest absolute Gasteiger partial charge is 0.322 e. The number of nitrogens with one attached hydrogen (secondary N) is 4. The van der Waals surface area contributed by atoms with Crippen molar-refractivity contribution < 1.29 is 24.3 Å². The zero-order valence-electron chi connectivity index (χ0n) is 18.0. The van der Waals surface area contributed by atoms with Gasteiger partial charge < -0.3 is 43.6 Å². The largest absolute Gasteiger partial charge is 0.480 e. The number of carboxylic acids is 1. The molecule has 31 heavy (non-hydrogen) atoms. The van der Waals surface area contributed by atoms with E-state index >= 15 is 0 Å². The Bertz CT molecular complexity index is 610. The van der Waals surface area contributed by atoms with Gasteiger partial charge in [-0.25, -0.2) is 0 Å². The summed E-state index contributed by atoms with van der Waals surface area (Å²) in [5.74, 6) is -2.75. The van der Waals surface area contributed by atoms with Crippen molar-refractivity contribution in [3.8, 4) is 0 Å². The zero-order chi connectivity index (χ0) is 23.6. The summed E-state index contributed by atoms with van der Waals surface area (Å²) in [6, 6.07) is -1.44. The van der Waals surface area contributed by atoms with Gasteiger partial charge in [0.15, 0.2) is 5.96 Å². The van der Waals surface area contributed by atoms with Crippen LogP contribution in [0.2, 0.25) is 0 Å². The minimum atomic E-state index is -1.19. The number of amides is 3. The van der Waals surface area contributed by atoms with Crippen molar-refractivity contribution in [1.29, 1.82) is 0 Å². The number of rotatable bonds is 17. The van der Waals surface area contributed by atoms with Crippen LogP contribution in [-0.4, -0.2) is 79.6 Å². The number of aliphatic carboxylic acids is 1. The third-order valence-corrected chi connectivity index (χ3v) is 4.15. The fourth-order valence-electron chi connectivity index (χ4n) is 2.66. The number of nitrogens with zero attached hydrogens (tertiary/aromatic N) is 1. The van der Waals surface area contributed by atoms with E-state index < -0.39 is 36.4 Å². The van der Waals surface area contributed by atoms with Gasteiger partial charge in [0.1, 0.15) is 12.6 Å². The number of likely N-dealkylation sites (N-methyl/N-ethyl adjacent to an activating group) is 1. The lowest BCUT2D eigenvalue weighted by molar-refractivity contribution is -0.138. The first kappa shape index (κ1) is 28.1. The molecule has 0 rings (SSSR count). The van der Waals surface area contributed by atoms with Gasteiger partial charge in [0.05, 0.1) is 12.6 Å². The molecule has 13 nitrogen and oxygen atoms in total. The van der Waals surface area contributed by atoms with Crippen LogP contribution in [0.4, 0.5) is 0 Å². The number of unbranched alkanes of at least 4 members (excludes halogenated alkanes) is 1. The van der Waals surface area contributed by atoms with Gasteiger partial charge in [-0.15, -0.1) is 0 Å². The molecular formula is C18H36N8O5. The molecule has 2 unspecified atom stereocenters. The molecule has 0 aliphatic carbocycles. The zero-order valence-corrected chi connectivity index (χ0v) is 18.0. The summed E-state index contributed by atoms with van der Waals surface area (Å²) >= 11 is 0. The fourth-order valence-corrected chi connectivity index (χ4v) is 2.66. The highest BCUT2D eigenvalue weighted by Crippen LogP contribution is 2.01. The monoisotopic (exact) mass is 444 g/mol. The molecule has 0 radical (unpaired) electrons. The number of nitrogens with two attached hydrogens (primary N) is 3. The summed E-state index contributed by atoms with van der Waals surface area (Å²) in [6.45, 7) is 2.35. The lowest BCUT2D eigenvalue weighted by Gasteiger charge is -2.20.